The first kappa shape index (κ1) is 9.22. The number of ether oxygens (including phenoxy) is 1. The summed E-state index contributed by atoms with van der Waals surface area (Å²) in [5, 5.41) is 11.5. The summed E-state index contributed by atoms with van der Waals surface area (Å²) in [5.74, 6) is -0.634. The van der Waals surface area contributed by atoms with Gasteiger partial charge in [0.15, 0.2) is 5.60 Å². The number of esters is 1. The highest BCUT2D eigenvalue weighted by atomic mass is 32.1. The number of carbonyl (C=O) groups is 1. The number of rotatable bonds is 2. The predicted molar refractivity (Wildman–Crippen MR) is 45.9 cm³/mol. The molecule has 1 atom stereocenters. The maximum Gasteiger partial charge on any atom is 0.343 e. The van der Waals surface area contributed by atoms with Crippen LogP contribution in [0.25, 0.3) is 0 Å². The Hall–Kier alpha value is -0.870. The van der Waals surface area contributed by atoms with Crippen LogP contribution in [0.15, 0.2) is 17.5 Å². The first-order valence-corrected chi connectivity index (χ1v) is 4.31. The molecular weight excluding hydrogens is 176 g/mol. The molecule has 0 spiro atoms. The first-order valence-electron chi connectivity index (χ1n) is 3.44. The summed E-state index contributed by atoms with van der Waals surface area (Å²) < 4.78 is 4.46. The van der Waals surface area contributed by atoms with Gasteiger partial charge >= 0.3 is 5.97 Å². The molecule has 66 valence electrons. The summed E-state index contributed by atoms with van der Waals surface area (Å²) in [7, 11) is 1.25. The fraction of sp³-hybridized carbons (Fsp3) is 0.375. The van der Waals surface area contributed by atoms with Gasteiger partial charge in [-0.05, 0) is 18.4 Å². The summed E-state index contributed by atoms with van der Waals surface area (Å²) >= 11 is 1.32. The van der Waals surface area contributed by atoms with E-state index in [1.54, 1.807) is 17.5 Å². The van der Waals surface area contributed by atoms with Crippen molar-refractivity contribution in [3.63, 3.8) is 0 Å². The first-order chi connectivity index (χ1) is 5.59. The van der Waals surface area contributed by atoms with E-state index in [9.17, 15) is 9.90 Å². The number of aliphatic hydroxyl groups is 1. The van der Waals surface area contributed by atoms with E-state index >= 15 is 0 Å². The molecule has 0 fully saturated rings. The molecule has 0 radical (unpaired) electrons. The summed E-state index contributed by atoms with van der Waals surface area (Å²) in [5.41, 5.74) is -1.51. The number of thiophene rings is 1. The van der Waals surface area contributed by atoms with Crippen molar-refractivity contribution in [1.82, 2.24) is 0 Å². The van der Waals surface area contributed by atoms with E-state index in [0.29, 0.717) is 4.88 Å². The van der Waals surface area contributed by atoms with E-state index in [4.69, 9.17) is 0 Å². The Kier molecular flexibility index (Phi) is 2.49. The quantitative estimate of drug-likeness (QED) is 0.704. The molecule has 0 saturated carbocycles. The minimum atomic E-state index is -1.51. The smallest absolute Gasteiger partial charge is 0.343 e. The zero-order chi connectivity index (χ0) is 9.19. The molecule has 3 nitrogen and oxygen atoms in total. The van der Waals surface area contributed by atoms with Crippen LogP contribution in [-0.4, -0.2) is 18.2 Å². The number of hydrogen-bond acceptors (Lipinski definition) is 4. The van der Waals surface area contributed by atoms with E-state index in [-0.39, 0.29) is 0 Å². The van der Waals surface area contributed by atoms with Gasteiger partial charge in [-0.2, -0.15) is 0 Å². The second kappa shape index (κ2) is 3.25. The summed E-state index contributed by atoms with van der Waals surface area (Å²) in [6.45, 7) is 1.42. The zero-order valence-electron chi connectivity index (χ0n) is 6.90. The van der Waals surface area contributed by atoms with Gasteiger partial charge in [-0.3, -0.25) is 0 Å². The molecule has 12 heavy (non-hydrogen) atoms. The summed E-state index contributed by atoms with van der Waals surface area (Å²) in [4.78, 5) is 11.7. The van der Waals surface area contributed by atoms with Crippen molar-refractivity contribution < 1.29 is 14.6 Å². The van der Waals surface area contributed by atoms with Crippen molar-refractivity contribution in [3.05, 3.63) is 22.4 Å². The van der Waals surface area contributed by atoms with Gasteiger partial charge in [0.1, 0.15) is 0 Å². The van der Waals surface area contributed by atoms with Gasteiger partial charge in [0, 0.05) is 4.88 Å². The SMILES string of the molecule is COC(=O)[C@@](C)(O)c1cccs1. The second-order valence-corrected chi connectivity index (χ2v) is 3.49. The van der Waals surface area contributed by atoms with Crippen LogP contribution in [0.1, 0.15) is 11.8 Å². The standard InChI is InChI=1S/C8H10O3S/c1-8(10,7(9)11-2)6-4-3-5-12-6/h3-5,10H,1-2H3/t8-/m0/s1. The van der Waals surface area contributed by atoms with E-state index in [2.05, 4.69) is 4.74 Å². The zero-order valence-corrected chi connectivity index (χ0v) is 7.72. The molecule has 0 unspecified atom stereocenters. The van der Waals surface area contributed by atoms with Gasteiger partial charge in [-0.25, -0.2) is 4.79 Å². The molecule has 1 aromatic rings. The molecule has 4 heteroatoms. The van der Waals surface area contributed by atoms with Crippen LogP contribution < -0.4 is 0 Å². The van der Waals surface area contributed by atoms with E-state index in [1.807, 2.05) is 0 Å². The average Bonchev–Trinajstić information content (AvgIpc) is 2.55. The largest absolute Gasteiger partial charge is 0.467 e. The van der Waals surface area contributed by atoms with Crippen molar-refractivity contribution in [3.8, 4) is 0 Å². The lowest BCUT2D eigenvalue weighted by Gasteiger charge is -2.17. The molecule has 1 N–H and O–H groups in total. The number of hydrogen-bond donors (Lipinski definition) is 1. The average molecular weight is 186 g/mol. The Balaban J connectivity index is 2.93. The minimum absolute atomic E-state index is 0.592. The van der Waals surface area contributed by atoms with Gasteiger partial charge in [-0.15, -0.1) is 11.3 Å². The maximum absolute atomic E-state index is 11.1. The molecule has 0 aromatic carbocycles. The molecule has 0 aliphatic heterocycles. The number of methoxy groups -OCH3 is 1. The summed E-state index contributed by atoms with van der Waals surface area (Å²) in [6.07, 6.45) is 0. The lowest BCUT2D eigenvalue weighted by molar-refractivity contribution is -0.161. The van der Waals surface area contributed by atoms with Crippen LogP contribution >= 0.6 is 11.3 Å². The van der Waals surface area contributed by atoms with Crippen molar-refractivity contribution in [2.24, 2.45) is 0 Å². The lowest BCUT2D eigenvalue weighted by Crippen LogP contribution is -2.32. The van der Waals surface area contributed by atoms with Crippen molar-refractivity contribution in [2.75, 3.05) is 7.11 Å². The molecule has 0 aliphatic rings. The molecule has 1 heterocycles. The van der Waals surface area contributed by atoms with E-state index in [0.717, 1.165) is 0 Å². The number of carbonyl (C=O) groups excluding carboxylic acids is 1. The van der Waals surface area contributed by atoms with Crippen LogP contribution in [0.5, 0.6) is 0 Å². The Labute approximate surface area is 74.6 Å². The molecule has 0 saturated heterocycles. The molecule has 0 aliphatic carbocycles. The topological polar surface area (TPSA) is 46.5 Å². The minimum Gasteiger partial charge on any atom is -0.467 e. The van der Waals surface area contributed by atoms with Gasteiger partial charge in [-0.1, -0.05) is 6.07 Å². The van der Waals surface area contributed by atoms with Crippen molar-refractivity contribution in [1.29, 1.82) is 0 Å². The van der Waals surface area contributed by atoms with E-state index in [1.165, 1.54) is 25.4 Å². The fourth-order valence-electron chi connectivity index (χ4n) is 0.855. The Morgan fingerprint density at radius 3 is 2.83 bits per heavy atom. The van der Waals surface area contributed by atoms with Crippen LogP contribution in [-0.2, 0) is 15.1 Å². The Morgan fingerprint density at radius 2 is 2.42 bits per heavy atom. The molecule has 0 amide bonds. The van der Waals surface area contributed by atoms with Gasteiger partial charge < -0.3 is 9.84 Å². The third kappa shape index (κ3) is 1.49. The molecular formula is C8H10O3S. The highest BCUT2D eigenvalue weighted by Crippen LogP contribution is 2.25. The van der Waals surface area contributed by atoms with Crippen molar-refractivity contribution >= 4 is 17.3 Å². The van der Waals surface area contributed by atoms with Crippen LogP contribution in [0, 0.1) is 0 Å². The van der Waals surface area contributed by atoms with Crippen LogP contribution in [0.3, 0.4) is 0 Å². The van der Waals surface area contributed by atoms with Gasteiger partial charge in [0.2, 0.25) is 0 Å². The molecule has 0 bridgehead atoms. The summed E-state index contributed by atoms with van der Waals surface area (Å²) in [6, 6.07) is 3.47. The van der Waals surface area contributed by atoms with Crippen molar-refractivity contribution in [2.45, 2.75) is 12.5 Å². The monoisotopic (exact) mass is 186 g/mol. The van der Waals surface area contributed by atoms with Gasteiger partial charge in [0.05, 0.1) is 7.11 Å². The second-order valence-electron chi connectivity index (χ2n) is 2.54. The third-order valence-electron chi connectivity index (χ3n) is 1.58. The van der Waals surface area contributed by atoms with Gasteiger partial charge in [0.25, 0.3) is 0 Å². The lowest BCUT2D eigenvalue weighted by atomic mass is 10.1. The van der Waals surface area contributed by atoms with E-state index < -0.39 is 11.6 Å². The predicted octanol–water partition coefficient (Wildman–Crippen LogP) is 1.13. The highest BCUT2D eigenvalue weighted by Gasteiger charge is 2.34. The maximum atomic E-state index is 11.1. The fourth-order valence-corrected chi connectivity index (χ4v) is 1.63. The highest BCUT2D eigenvalue weighted by molar-refractivity contribution is 7.10. The Bertz CT molecular complexity index is 264. The molecule has 1 aromatic heterocycles. The normalized spacial score (nSPS) is 15.2. The van der Waals surface area contributed by atoms with Crippen LogP contribution in [0.2, 0.25) is 0 Å². The Morgan fingerprint density at radius 1 is 1.75 bits per heavy atom. The third-order valence-corrected chi connectivity index (χ3v) is 2.66. The molecule has 1 rings (SSSR count). The van der Waals surface area contributed by atoms with Crippen LogP contribution in [0.4, 0.5) is 0 Å².